The molecule has 0 heterocycles. The van der Waals surface area contributed by atoms with E-state index < -0.39 is 17.5 Å². The molecule has 0 saturated heterocycles. The third kappa shape index (κ3) is 3.46. The second-order valence-electron chi connectivity index (χ2n) is 2.86. The standard InChI is InChI=1S/C10H10F2N2O/c1-13-2-3-14-10(15)7-4-8(11)6-9(12)5-7/h4-6H,1-3H2,(H,14,15). The Bertz CT molecular complexity index is 359. The maximum absolute atomic E-state index is 12.7. The Balaban J connectivity index is 2.69. The van der Waals surface area contributed by atoms with Crippen molar-refractivity contribution in [3.63, 3.8) is 0 Å². The van der Waals surface area contributed by atoms with Gasteiger partial charge in [-0.1, -0.05) is 0 Å². The molecule has 0 aliphatic rings. The molecule has 0 spiro atoms. The van der Waals surface area contributed by atoms with E-state index in [2.05, 4.69) is 17.0 Å². The Labute approximate surface area is 85.8 Å². The second-order valence-corrected chi connectivity index (χ2v) is 2.86. The van der Waals surface area contributed by atoms with Gasteiger partial charge in [0.2, 0.25) is 0 Å². The van der Waals surface area contributed by atoms with Gasteiger partial charge in [0.15, 0.2) is 0 Å². The average Bonchev–Trinajstić information content (AvgIpc) is 2.16. The van der Waals surface area contributed by atoms with E-state index in [0.29, 0.717) is 19.2 Å². The van der Waals surface area contributed by atoms with Gasteiger partial charge in [0.25, 0.3) is 5.91 Å². The first kappa shape index (κ1) is 11.3. The van der Waals surface area contributed by atoms with Crippen LogP contribution < -0.4 is 5.32 Å². The highest BCUT2D eigenvalue weighted by atomic mass is 19.1. The summed E-state index contributed by atoms with van der Waals surface area (Å²) in [6.07, 6.45) is 0. The van der Waals surface area contributed by atoms with Crippen LogP contribution in [0.5, 0.6) is 0 Å². The predicted molar refractivity (Wildman–Crippen MR) is 53.1 cm³/mol. The van der Waals surface area contributed by atoms with Crippen LogP contribution >= 0.6 is 0 Å². The molecular formula is C10H10F2N2O. The van der Waals surface area contributed by atoms with Gasteiger partial charge in [0.05, 0.1) is 6.54 Å². The van der Waals surface area contributed by atoms with Crippen LogP contribution in [0.4, 0.5) is 8.78 Å². The minimum absolute atomic E-state index is 0.0448. The molecule has 15 heavy (non-hydrogen) atoms. The third-order valence-corrected chi connectivity index (χ3v) is 1.68. The van der Waals surface area contributed by atoms with Crippen LogP contribution in [0.1, 0.15) is 10.4 Å². The highest BCUT2D eigenvalue weighted by molar-refractivity contribution is 5.94. The summed E-state index contributed by atoms with van der Waals surface area (Å²) in [5.74, 6) is -2.08. The Morgan fingerprint density at radius 3 is 2.47 bits per heavy atom. The number of halogens is 2. The molecule has 0 fully saturated rings. The molecule has 0 aliphatic carbocycles. The summed E-state index contributed by atoms with van der Waals surface area (Å²) in [4.78, 5) is 14.8. The molecule has 1 N–H and O–H groups in total. The molecule has 0 bridgehead atoms. The van der Waals surface area contributed by atoms with Gasteiger partial charge in [-0.3, -0.25) is 9.79 Å². The topological polar surface area (TPSA) is 41.5 Å². The summed E-state index contributed by atoms with van der Waals surface area (Å²) in [6.45, 7) is 3.89. The molecule has 0 atom stereocenters. The van der Waals surface area contributed by atoms with E-state index in [9.17, 15) is 13.6 Å². The van der Waals surface area contributed by atoms with Crippen LogP contribution in [0.25, 0.3) is 0 Å². The summed E-state index contributed by atoms with van der Waals surface area (Å²) in [6, 6.07) is 2.65. The lowest BCUT2D eigenvalue weighted by Gasteiger charge is -2.03. The van der Waals surface area contributed by atoms with Crippen molar-refractivity contribution in [1.29, 1.82) is 0 Å². The number of nitrogens with one attached hydrogen (secondary N) is 1. The largest absolute Gasteiger partial charge is 0.350 e. The molecule has 1 amide bonds. The number of hydrogen-bond donors (Lipinski definition) is 1. The van der Waals surface area contributed by atoms with E-state index in [1.54, 1.807) is 0 Å². The zero-order chi connectivity index (χ0) is 11.3. The molecule has 0 saturated carbocycles. The van der Waals surface area contributed by atoms with Gasteiger partial charge in [-0.25, -0.2) is 8.78 Å². The van der Waals surface area contributed by atoms with Crippen LogP contribution in [0, 0.1) is 11.6 Å². The van der Waals surface area contributed by atoms with Crippen LogP contribution in [0.15, 0.2) is 23.2 Å². The van der Waals surface area contributed by atoms with Gasteiger partial charge in [0, 0.05) is 18.2 Å². The number of hydrogen-bond acceptors (Lipinski definition) is 2. The van der Waals surface area contributed by atoms with Crippen molar-refractivity contribution < 1.29 is 13.6 Å². The lowest BCUT2D eigenvalue weighted by molar-refractivity contribution is 0.0954. The highest BCUT2D eigenvalue weighted by Gasteiger charge is 2.07. The number of nitrogens with zero attached hydrogens (tertiary/aromatic N) is 1. The lowest BCUT2D eigenvalue weighted by atomic mass is 10.2. The zero-order valence-electron chi connectivity index (χ0n) is 7.96. The quantitative estimate of drug-likeness (QED) is 0.594. The van der Waals surface area contributed by atoms with Crippen LogP contribution in [-0.2, 0) is 0 Å². The second kappa shape index (κ2) is 5.19. The first-order valence-corrected chi connectivity index (χ1v) is 4.30. The first-order chi connectivity index (χ1) is 7.13. The number of aliphatic imine (C=N–C) groups is 1. The van der Waals surface area contributed by atoms with Gasteiger partial charge in [-0.15, -0.1) is 0 Å². The number of benzene rings is 1. The SMILES string of the molecule is C=NCCNC(=O)c1cc(F)cc(F)c1. The summed E-state index contributed by atoms with van der Waals surface area (Å²) in [7, 11) is 0. The van der Waals surface area contributed by atoms with Crippen LogP contribution in [0.3, 0.4) is 0 Å². The summed E-state index contributed by atoms with van der Waals surface area (Å²) < 4.78 is 25.5. The molecule has 0 unspecified atom stereocenters. The fraction of sp³-hybridized carbons (Fsp3) is 0.200. The minimum atomic E-state index is -0.776. The normalized spacial score (nSPS) is 9.73. The Hall–Kier alpha value is -1.78. The maximum Gasteiger partial charge on any atom is 0.251 e. The van der Waals surface area contributed by atoms with Gasteiger partial charge in [0.1, 0.15) is 11.6 Å². The van der Waals surface area contributed by atoms with Gasteiger partial charge < -0.3 is 5.32 Å². The maximum atomic E-state index is 12.7. The summed E-state index contributed by atoms with van der Waals surface area (Å²) in [5.41, 5.74) is -0.0448. The van der Waals surface area contributed by atoms with Crippen molar-refractivity contribution in [3.8, 4) is 0 Å². The van der Waals surface area contributed by atoms with Crippen molar-refractivity contribution >= 4 is 12.6 Å². The van der Waals surface area contributed by atoms with Crippen molar-refractivity contribution in [3.05, 3.63) is 35.4 Å². The van der Waals surface area contributed by atoms with E-state index in [1.165, 1.54) is 0 Å². The number of rotatable bonds is 4. The fourth-order valence-electron chi connectivity index (χ4n) is 1.04. The number of carbonyl (C=O) groups excluding carboxylic acids is 1. The Morgan fingerprint density at radius 1 is 1.33 bits per heavy atom. The molecule has 1 aromatic rings. The van der Waals surface area contributed by atoms with Gasteiger partial charge >= 0.3 is 0 Å². The summed E-state index contributed by atoms with van der Waals surface area (Å²) in [5, 5.41) is 2.45. The Kier molecular flexibility index (Phi) is 3.91. The van der Waals surface area contributed by atoms with Crippen molar-refractivity contribution in [2.45, 2.75) is 0 Å². The summed E-state index contributed by atoms with van der Waals surface area (Å²) >= 11 is 0. The van der Waals surface area contributed by atoms with E-state index in [4.69, 9.17) is 0 Å². The minimum Gasteiger partial charge on any atom is -0.350 e. The molecule has 0 radical (unpaired) electrons. The smallest absolute Gasteiger partial charge is 0.251 e. The third-order valence-electron chi connectivity index (χ3n) is 1.68. The van der Waals surface area contributed by atoms with Crippen LogP contribution in [0.2, 0.25) is 0 Å². The lowest BCUT2D eigenvalue weighted by Crippen LogP contribution is -2.26. The molecule has 1 aromatic carbocycles. The van der Waals surface area contributed by atoms with Gasteiger partial charge in [-0.05, 0) is 18.9 Å². The molecule has 0 aliphatic heterocycles. The van der Waals surface area contributed by atoms with E-state index >= 15 is 0 Å². The van der Waals surface area contributed by atoms with Gasteiger partial charge in [-0.2, -0.15) is 0 Å². The van der Waals surface area contributed by atoms with Crippen molar-refractivity contribution in [2.24, 2.45) is 4.99 Å². The molecule has 3 nitrogen and oxygen atoms in total. The first-order valence-electron chi connectivity index (χ1n) is 4.30. The molecular weight excluding hydrogens is 202 g/mol. The molecule has 0 aromatic heterocycles. The predicted octanol–water partition coefficient (Wildman–Crippen LogP) is 1.40. The van der Waals surface area contributed by atoms with E-state index in [1.807, 2.05) is 0 Å². The Morgan fingerprint density at radius 2 is 1.93 bits per heavy atom. The van der Waals surface area contributed by atoms with Crippen molar-refractivity contribution in [2.75, 3.05) is 13.1 Å². The molecule has 5 heteroatoms. The van der Waals surface area contributed by atoms with E-state index in [0.717, 1.165) is 12.1 Å². The molecule has 80 valence electrons. The number of amides is 1. The number of carbonyl (C=O) groups is 1. The monoisotopic (exact) mass is 212 g/mol. The zero-order valence-corrected chi connectivity index (χ0v) is 7.96. The molecule has 1 rings (SSSR count). The van der Waals surface area contributed by atoms with Crippen LogP contribution in [-0.4, -0.2) is 25.7 Å². The fourth-order valence-corrected chi connectivity index (χ4v) is 1.04. The van der Waals surface area contributed by atoms with Crippen molar-refractivity contribution in [1.82, 2.24) is 5.32 Å². The van der Waals surface area contributed by atoms with E-state index in [-0.39, 0.29) is 5.56 Å². The highest BCUT2D eigenvalue weighted by Crippen LogP contribution is 2.07. The average molecular weight is 212 g/mol.